The summed E-state index contributed by atoms with van der Waals surface area (Å²) in [4.78, 5) is 12.9. The van der Waals surface area contributed by atoms with Gasteiger partial charge in [0.1, 0.15) is 11.5 Å². The minimum atomic E-state index is -0.104. The van der Waals surface area contributed by atoms with E-state index < -0.39 is 0 Å². The highest BCUT2D eigenvalue weighted by Gasteiger charge is 2.24. The highest BCUT2D eigenvalue weighted by Crippen LogP contribution is 2.37. The molecular weight excluding hydrogens is 388 g/mol. The van der Waals surface area contributed by atoms with Crippen molar-refractivity contribution in [1.82, 2.24) is 9.88 Å². The second kappa shape index (κ2) is 10.9. The Morgan fingerprint density at radius 1 is 1.03 bits per heavy atom. The molecule has 0 saturated heterocycles. The molecule has 0 aliphatic heterocycles. The van der Waals surface area contributed by atoms with Gasteiger partial charge in [0.05, 0.1) is 14.2 Å². The average Bonchev–Trinajstić information content (AvgIpc) is 3.18. The first-order valence-electron chi connectivity index (χ1n) is 11.2. The maximum atomic E-state index is 12.9. The van der Waals surface area contributed by atoms with Gasteiger partial charge in [-0.3, -0.25) is 4.79 Å². The third-order valence-electron chi connectivity index (χ3n) is 5.80. The Hall–Kier alpha value is -2.95. The van der Waals surface area contributed by atoms with Crippen LogP contribution in [0.15, 0.2) is 48.7 Å². The third kappa shape index (κ3) is 5.40. The van der Waals surface area contributed by atoms with Gasteiger partial charge < -0.3 is 19.4 Å². The van der Waals surface area contributed by atoms with Crippen LogP contribution in [0.1, 0.15) is 56.6 Å². The number of hydrogen-bond donors (Lipinski definition) is 1. The van der Waals surface area contributed by atoms with Crippen LogP contribution in [0.5, 0.6) is 11.5 Å². The van der Waals surface area contributed by atoms with Crippen molar-refractivity contribution in [3.05, 3.63) is 59.8 Å². The molecule has 5 nitrogen and oxygen atoms in total. The number of aryl methyl sites for hydroxylation is 1. The van der Waals surface area contributed by atoms with Crippen LogP contribution in [0, 0.1) is 0 Å². The van der Waals surface area contributed by atoms with Crippen LogP contribution in [0.25, 0.3) is 10.9 Å². The SMILES string of the molecule is CCCCCNC(=O)C[C@H](c1cc(OC)cc(OC)c1)c1cn(CC)c2ccccc12. The number of rotatable bonds is 11. The highest BCUT2D eigenvalue weighted by molar-refractivity contribution is 5.86. The van der Waals surface area contributed by atoms with E-state index in [1.165, 1.54) is 10.9 Å². The van der Waals surface area contributed by atoms with E-state index in [2.05, 4.69) is 54.2 Å². The molecular formula is C26H34N2O3. The largest absolute Gasteiger partial charge is 0.497 e. The Morgan fingerprint density at radius 2 is 1.74 bits per heavy atom. The molecule has 5 heteroatoms. The van der Waals surface area contributed by atoms with Crippen molar-refractivity contribution in [2.45, 2.75) is 52.0 Å². The van der Waals surface area contributed by atoms with E-state index in [4.69, 9.17) is 9.47 Å². The van der Waals surface area contributed by atoms with Crippen LogP contribution in [-0.4, -0.2) is 31.2 Å². The lowest BCUT2D eigenvalue weighted by Crippen LogP contribution is -2.26. The summed E-state index contributed by atoms with van der Waals surface area (Å²) in [5.74, 6) is 1.41. The maximum Gasteiger partial charge on any atom is 0.220 e. The van der Waals surface area contributed by atoms with E-state index in [1.807, 2.05) is 18.2 Å². The predicted molar refractivity (Wildman–Crippen MR) is 126 cm³/mol. The second-order valence-electron chi connectivity index (χ2n) is 7.85. The quantitative estimate of drug-likeness (QED) is 0.415. The van der Waals surface area contributed by atoms with Gasteiger partial charge in [0.15, 0.2) is 0 Å². The number of hydrogen-bond acceptors (Lipinski definition) is 3. The van der Waals surface area contributed by atoms with E-state index in [-0.39, 0.29) is 11.8 Å². The second-order valence-corrected chi connectivity index (χ2v) is 7.85. The highest BCUT2D eigenvalue weighted by atomic mass is 16.5. The molecule has 0 saturated carbocycles. The standard InChI is InChI=1S/C26H34N2O3/c1-5-7-10-13-27-26(29)17-23(19-14-20(30-3)16-21(15-19)31-4)24-18-28(6-2)25-12-9-8-11-22(24)25/h8-9,11-12,14-16,18,23H,5-7,10,13,17H2,1-4H3,(H,27,29)/t23-/m1/s1. The zero-order valence-corrected chi connectivity index (χ0v) is 19.1. The molecule has 1 aromatic heterocycles. The molecule has 0 aliphatic rings. The van der Waals surface area contributed by atoms with Gasteiger partial charge in [-0.15, -0.1) is 0 Å². The predicted octanol–water partition coefficient (Wildman–Crippen LogP) is 5.51. The van der Waals surface area contributed by atoms with Gasteiger partial charge in [-0.05, 0) is 42.7 Å². The van der Waals surface area contributed by atoms with Crippen molar-refractivity contribution >= 4 is 16.8 Å². The summed E-state index contributed by atoms with van der Waals surface area (Å²) >= 11 is 0. The lowest BCUT2D eigenvalue weighted by Gasteiger charge is -2.19. The van der Waals surface area contributed by atoms with Crippen molar-refractivity contribution in [3.63, 3.8) is 0 Å². The Morgan fingerprint density at radius 3 is 2.39 bits per heavy atom. The average molecular weight is 423 g/mol. The Kier molecular flexibility index (Phi) is 7.99. The van der Waals surface area contributed by atoms with Crippen molar-refractivity contribution in [3.8, 4) is 11.5 Å². The third-order valence-corrected chi connectivity index (χ3v) is 5.80. The van der Waals surface area contributed by atoms with Gasteiger partial charge in [-0.1, -0.05) is 38.0 Å². The van der Waals surface area contributed by atoms with Crippen LogP contribution in [0.2, 0.25) is 0 Å². The number of unbranched alkanes of at least 4 members (excludes halogenated alkanes) is 2. The topological polar surface area (TPSA) is 52.5 Å². The molecule has 3 rings (SSSR count). The number of para-hydroxylation sites is 1. The molecule has 1 atom stereocenters. The fraction of sp³-hybridized carbons (Fsp3) is 0.423. The van der Waals surface area contributed by atoms with E-state index in [0.717, 1.165) is 55.0 Å². The summed E-state index contributed by atoms with van der Waals surface area (Å²) in [7, 11) is 3.30. The first-order valence-corrected chi connectivity index (χ1v) is 11.2. The van der Waals surface area contributed by atoms with Crippen molar-refractivity contribution in [2.24, 2.45) is 0 Å². The number of benzene rings is 2. The van der Waals surface area contributed by atoms with Crippen LogP contribution in [0.3, 0.4) is 0 Å². The number of nitrogens with one attached hydrogen (secondary N) is 1. The Balaban J connectivity index is 2.03. The minimum Gasteiger partial charge on any atom is -0.497 e. The lowest BCUT2D eigenvalue weighted by molar-refractivity contribution is -0.121. The van der Waals surface area contributed by atoms with Crippen LogP contribution in [-0.2, 0) is 11.3 Å². The van der Waals surface area contributed by atoms with Crippen molar-refractivity contribution in [1.29, 1.82) is 0 Å². The lowest BCUT2D eigenvalue weighted by atomic mass is 9.87. The summed E-state index contributed by atoms with van der Waals surface area (Å²) in [5.41, 5.74) is 3.35. The summed E-state index contributed by atoms with van der Waals surface area (Å²) < 4.78 is 13.3. The van der Waals surface area contributed by atoms with E-state index in [0.29, 0.717) is 6.42 Å². The molecule has 0 fully saturated rings. The van der Waals surface area contributed by atoms with Gasteiger partial charge in [0.2, 0.25) is 5.91 Å². The number of aromatic nitrogens is 1. The summed E-state index contributed by atoms with van der Waals surface area (Å²) in [6.07, 6.45) is 5.83. The zero-order chi connectivity index (χ0) is 22.2. The molecule has 0 radical (unpaired) electrons. The van der Waals surface area contributed by atoms with Gasteiger partial charge >= 0.3 is 0 Å². The number of nitrogens with zero attached hydrogens (tertiary/aromatic N) is 1. The molecule has 1 N–H and O–H groups in total. The fourth-order valence-electron chi connectivity index (χ4n) is 4.11. The van der Waals surface area contributed by atoms with Gasteiger partial charge in [0, 0.05) is 48.6 Å². The Labute approximate surface area is 185 Å². The molecule has 2 aromatic carbocycles. The molecule has 31 heavy (non-hydrogen) atoms. The normalized spacial score (nSPS) is 12.0. The van der Waals surface area contributed by atoms with E-state index >= 15 is 0 Å². The molecule has 1 heterocycles. The number of carbonyl (C=O) groups is 1. The van der Waals surface area contributed by atoms with Gasteiger partial charge in [-0.2, -0.15) is 0 Å². The van der Waals surface area contributed by atoms with Crippen molar-refractivity contribution < 1.29 is 14.3 Å². The molecule has 166 valence electrons. The summed E-state index contributed by atoms with van der Waals surface area (Å²) in [6, 6.07) is 14.3. The number of methoxy groups -OCH3 is 2. The number of amides is 1. The first-order chi connectivity index (χ1) is 15.1. The van der Waals surface area contributed by atoms with Crippen LogP contribution >= 0.6 is 0 Å². The number of ether oxygens (including phenoxy) is 2. The van der Waals surface area contributed by atoms with E-state index in [1.54, 1.807) is 14.2 Å². The molecule has 0 spiro atoms. The zero-order valence-electron chi connectivity index (χ0n) is 19.1. The molecule has 0 bridgehead atoms. The van der Waals surface area contributed by atoms with E-state index in [9.17, 15) is 4.79 Å². The fourth-order valence-corrected chi connectivity index (χ4v) is 4.11. The first kappa shape index (κ1) is 22.7. The molecule has 0 aliphatic carbocycles. The monoisotopic (exact) mass is 422 g/mol. The molecule has 1 amide bonds. The Bertz CT molecular complexity index is 987. The number of carbonyl (C=O) groups excluding carboxylic acids is 1. The number of fused-ring (bicyclic) bond motifs is 1. The van der Waals surface area contributed by atoms with Crippen LogP contribution < -0.4 is 14.8 Å². The summed E-state index contributed by atoms with van der Waals surface area (Å²) in [6.45, 7) is 5.90. The summed E-state index contributed by atoms with van der Waals surface area (Å²) in [5, 5.41) is 4.28. The molecule has 3 aromatic rings. The maximum absolute atomic E-state index is 12.9. The minimum absolute atomic E-state index is 0.0659. The van der Waals surface area contributed by atoms with Crippen LogP contribution in [0.4, 0.5) is 0 Å². The van der Waals surface area contributed by atoms with Crippen molar-refractivity contribution in [2.75, 3.05) is 20.8 Å². The van der Waals surface area contributed by atoms with Gasteiger partial charge in [-0.25, -0.2) is 0 Å². The molecule has 0 unspecified atom stereocenters. The smallest absolute Gasteiger partial charge is 0.220 e. The van der Waals surface area contributed by atoms with Gasteiger partial charge in [0.25, 0.3) is 0 Å².